The van der Waals surface area contributed by atoms with Crippen LogP contribution in [0, 0.1) is 5.92 Å². The molecule has 5 heteroatoms. The zero-order chi connectivity index (χ0) is 15.6. The molecule has 2 saturated heterocycles. The maximum absolute atomic E-state index is 4.36. The van der Waals surface area contributed by atoms with E-state index in [-0.39, 0.29) is 0 Å². The number of aromatic nitrogens is 1. The number of thiazole rings is 1. The third-order valence-corrected chi connectivity index (χ3v) is 7.18. The van der Waals surface area contributed by atoms with Crippen molar-refractivity contribution in [2.75, 3.05) is 26.2 Å². The smallest absolute Gasteiger partial charge is 0.0812 e. The molecule has 2 aromatic rings. The van der Waals surface area contributed by atoms with Gasteiger partial charge in [-0.1, -0.05) is 6.92 Å². The minimum absolute atomic E-state index is 0.823. The first-order valence-electron chi connectivity index (χ1n) is 8.78. The van der Waals surface area contributed by atoms with E-state index in [9.17, 15) is 0 Å². The minimum Gasteiger partial charge on any atom is -0.300 e. The fourth-order valence-electron chi connectivity index (χ4n) is 3.73. The number of likely N-dealkylation sites (tertiary alicyclic amines) is 1. The molecule has 0 saturated carbocycles. The monoisotopic (exact) mass is 347 g/mol. The molecule has 2 aliphatic rings. The number of fused-ring (bicyclic) bond motifs is 1. The molecule has 1 aromatic carbocycles. The number of rotatable bonds is 3. The van der Waals surface area contributed by atoms with Crippen LogP contribution in [0.3, 0.4) is 0 Å². The van der Waals surface area contributed by atoms with Gasteiger partial charge in [0, 0.05) is 24.0 Å². The fraction of sp³-hybridized carbons (Fsp3) is 0.611. The Morgan fingerprint density at radius 2 is 1.87 bits per heavy atom. The second-order valence-electron chi connectivity index (χ2n) is 6.95. The summed E-state index contributed by atoms with van der Waals surface area (Å²) in [4.78, 5) is 8.47. The highest BCUT2D eigenvalue weighted by molar-refractivity contribution is 7.97. The largest absolute Gasteiger partial charge is 0.300 e. The van der Waals surface area contributed by atoms with Gasteiger partial charge in [0.2, 0.25) is 0 Å². The van der Waals surface area contributed by atoms with Gasteiger partial charge in [0.1, 0.15) is 0 Å². The van der Waals surface area contributed by atoms with Crippen LogP contribution in [0.25, 0.3) is 10.2 Å². The molecule has 0 atom stereocenters. The van der Waals surface area contributed by atoms with E-state index in [0.29, 0.717) is 0 Å². The van der Waals surface area contributed by atoms with Gasteiger partial charge in [0.05, 0.1) is 15.7 Å². The highest BCUT2D eigenvalue weighted by Crippen LogP contribution is 2.31. The van der Waals surface area contributed by atoms with Crippen LogP contribution in [-0.4, -0.2) is 46.4 Å². The highest BCUT2D eigenvalue weighted by atomic mass is 32.2. The summed E-state index contributed by atoms with van der Waals surface area (Å²) >= 11 is 3.66. The Kier molecular flexibility index (Phi) is 4.90. The van der Waals surface area contributed by atoms with Crippen LogP contribution in [0.1, 0.15) is 32.6 Å². The predicted octanol–water partition coefficient (Wildman–Crippen LogP) is 4.50. The Balaban J connectivity index is 1.31. The summed E-state index contributed by atoms with van der Waals surface area (Å²) in [6, 6.07) is 7.47. The maximum Gasteiger partial charge on any atom is 0.0812 e. The van der Waals surface area contributed by atoms with Crippen molar-refractivity contribution in [1.82, 2.24) is 14.2 Å². The first-order chi connectivity index (χ1) is 11.3. The molecule has 0 aliphatic carbocycles. The van der Waals surface area contributed by atoms with Crippen LogP contribution in [0.5, 0.6) is 0 Å². The van der Waals surface area contributed by atoms with Crippen molar-refractivity contribution >= 4 is 33.5 Å². The van der Waals surface area contributed by atoms with Gasteiger partial charge < -0.3 is 4.90 Å². The van der Waals surface area contributed by atoms with Gasteiger partial charge in [-0.15, -0.1) is 11.3 Å². The number of nitrogens with zero attached hydrogens (tertiary/aromatic N) is 3. The first kappa shape index (κ1) is 15.9. The van der Waals surface area contributed by atoms with Crippen LogP contribution in [0.4, 0.5) is 0 Å². The molecule has 0 radical (unpaired) electrons. The van der Waals surface area contributed by atoms with Gasteiger partial charge in [-0.2, -0.15) is 0 Å². The third-order valence-electron chi connectivity index (χ3n) is 5.30. The Bertz CT molecular complexity index is 641. The molecule has 2 aliphatic heterocycles. The molecule has 0 N–H and O–H groups in total. The van der Waals surface area contributed by atoms with Crippen molar-refractivity contribution in [2.45, 2.75) is 43.5 Å². The predicted molar refractivity (Wildman–Crippen MR) is 100 cm³/mol. The van der Waals surface area contributed by atoms with Crippen molar-refractivity contribution in [1.29, 1.82) is 0 Å². The summed E-state index contributed by atoms with van der Waals surface area (Å²) < 4.78 is 3.85. The molecule has 1 aromatic heterocycles. The molecular weight excluding hydrogens is 322 g/mol. The lowest BCUT2D eigenvalue weighted by Crippen LogP contribution is -2.46. The molecule has 3 heterocycles. The number of piperidine rings is 2. The zero-order valence-corrected chi connectivity index (χ0v) is 15.4. The van der Waals surface area contributed by atoms with E-state index in [2.05, 4.69) is 39.3 Å². The molecule has 23 heavy (non-hydrogen) atoms. The Morgan fingerprint density at radius 1 is 1.09 bits per heavy atom. The van der Waals surface area contributed by atoms with Crippen LogP contribution in [-0.2, 0) is 0 Å². The van der Waals surface area contributed by atoms with Gasteiger partial charge in [-0.25, -0.2) is 9.29 Å². The second-order valence-corrected chi connectivity index (χ2v) is 9.01. The summed E-state index contributed by atoms with van der Waals surface area (Å²) in [5, 5.41) is 0. The topological polar surface area (TPSA) is 19.4 Å². The first-order valence-corrected chi connectivity index (χ1v) is 10.4. The second kappa shape index (κ2) is 7.09. The van der Waals surface area contributed by atoms with Gasteiger partial charge in [-0.05, 0) is 74.8 Å². The van der Waals surface area contributed by atoms with Crippen molar-refractivity contribution < 1.29 is 0 Å². The van der Waals surface area contributed by atoms with E-state index >= 15 is 0 Å². The fourth-order valence-corrected chi connectivity index (χ4v) is 5.52. The Hall–Kier alpha value is -0.620. The summed E-state index contributed by atoms with van der Waals surface area (Å²) in [5.41, 5.74) is 3.06. The average Bonchev–Trinajstić information content (AvgIpc) is 3.04. The van der Waals surface area contributed by atoms with Crippen molar-refractivity contribution in [2.24, 2.45) is 5.92 Å². The van der Waals surface area contributed by atoms with Crippen molar-refractivity contribution in [3.05, 3.63) is 23.7 Å². The van der Waals surface area contributed by atoms with Gasteiger partial charge >= 0.3 is 0 Å². The third kappa shape index (κ3) is 3.73. The van der Waals surface area contributed by atoms with Crippen molar-refractivity contribution in [3.63, 3.8) is 0 Å². The van der Waals surface area contributed by atoms with Gasteiger partial charge in [0.15, 0.2) is 0 Å². The lowest BCUT2D eigenvalue weighted by Gasteiger charge is -2.41. The van der Waals surface area contributed by atoms with Crippen LogP contribution < -0.4 is 0 Å². The van der Waals surface area contributed by atoms with Crippen molar-refractivity contribution in [3.8, 4) is 0 Å². The number of benzene rings is 1. The molecule has 0 unspecified atom stereocenters. The molecule has 2 fully saturated rings. The van der Waals surface area contributed by atoms with E-state index in [4.69, 9.17) is 0 Å². The van der Waals surface area contributed by atoms with Crippen LogP contribution in [0.2, 0.25) is 0 Å². The van der Waals surface area contributed by atoms with E-state index < -0.39 is 0 Å². The Morgan fingerprint density at radius 3 is 2.65 bits per heavy atom. The van der Waals surface area contributed by atoms with Crippen LogP contribution >= 0.6 is 23.3 Å². The van der Waals surface area contributed by atoms with E-state index in [0.717, 1.165) is 17.5 Å². The highest BCUT2D eigenvalue weighted by Gasteiger charge is 2.27. The van der Waals surface area contributed by atoms with Gasteiger partial charge in [-0.3, -0.25) is 0 Å². The maximum atomic E-state index is 4.36. The van der Waals surface area contributed by atoms with E-state index in [1.54, 1.807) is 11.3 Å². The molecular formula is C18H25N3S2. The summed E-state index contributed by atoms with van der Waals surface area (Å²) in [5.74, 6) is 0.934. The lowest BCUT2D eigenvalue weighted by atomic mass is 9.95. The molecule has 0 spiro atoms. The number of hydrogen-bond acceptors (Lipinski definition) is 5. The quantitative estimate of drug-likeness (QED) is 0.761. The molecule has 3 nitrogen and oxygen atoms in total. The average molecular weight is 348 g/mol. The molecule has 124 valence electrons. The molecule has 0 amide bonds. The summed E-state index contributed by atoms with van der Waals surface area (Å²) in [6.45, 7) is 7.46. The lowest BCUT2D eigenvalue weighted by molar-refractivity contribution is 0.103. The normalized spacial score (nSPS) is 22.8. The number of hydrogen-bond donors (Lipinski definition) is 0. The molecule has 4 rings (SSSR count). The van der Waals surface area contributed by atoms with Crippen LogP contribution in [0.15, 0.2) is 28.6 Å². The SMILES string of the molecule is CC1CCN(C2CCN(Sc3ccc4ncsc4c3)CC2)CC1. The summed E-state index contributed by atoms with van der Waals surface area (Å²) in [6.07, 6.45) is 5.43. The van der Waals surface area contributed by atoms with Gasteiger partial charge in [0.25, 0.3) is 0 Å². The molecule has 0 bridgehead atoms. The van der Waals surface area contributed by atoms with E-state index in [1.165, 1.54) is 61.5 Å². The Labute approximate surface area is 147 Å². The standard InChI is InChI=1S/C18H25N3S2/c1-14-4-8-20(9-5-14)15-6-10-21(11-7-15)23-16-2-3-17-18(12-16)22-13-19-17/h2-3,12-15H,4-11H2,1H3. The zero-order valence-electron chi connectivity index (χ0n) is 13.8. The minimum atomic E-state index is 0.823. The summed E-state index contributed by atoms with van der Waals surface area (Å²) in [7, 11) is 0. The van der Waals surface area contributed by atoms with E-state index in [1.807, 2.05) is 17.5 Å².